The number of aryl methyl sites for hydroxylation is 2. The van der Waals surface area contributed by atoms with Crippen molar-refractivity contribution in [2.45, 2.75) is 27.2 Å². The van der Waals surface area contributed by atoms with E-state index in [1.165, 1.54) is 22.6 Å². The van der Waals surface area contributed by atoms with Crippen molar-refractivity contribution in [3.63, 3.8) is 0 Å². The second kappa shape index (κ2) is 9.02. The van der Waals surface area contributed by atoms with E-state index >= 15 is 0 Å². The van der Waals surface area contributed by atoms with Gasteiger partial charge in [0.1, 0.15) is 5.76 Å². The Morgan fingerprint density at radius 1 is 1.17 bits per heavy atom. The Bertz CT molecular complexity index is 1020. The molecule has 3 aromatic rings. The van der Waals surface area contributed by atoms with Crippen molar-refractivity contribution in [1.29, 1.82) is 0 Å². The Kier molecular flexibility index (Phi) is 6.20. The average Bonchev–Trinajstić information content (AvgIpc) is 3.37. The van der Waals surface area contributed by atoms with Crippen LogP contribution in [0.2, 0.25) is 0 Å². The Labute approximate surface area is 181 Å². The third-order valence-corrected chi connectivity index (χ3v) is 6.39. The summed E-state index contributed by atoms with van der Waals surface area (Å²) in [6, 6.07) is 9.98. The molecule has 4 rings (SSSR count). The van der Waals surface area contributed by atoms with Crippen LogP contribution in [0.4, 0.5) is 11.4 Å². The van der Waals surface area contributed by atoms with Crippen molar-refractivity contribution in [1.82, 2.24) is 9.88 Å². The molecule has 1 fully saturated rings. The summed E-state index contributed by atoms with van der Waals surface area (Å²) in [6.45, 7) is 11.6. The molecule has 1 saturated heterocycles. The number of furan rings is 1. The largest absolute Gasteiger partial charge is 0.459 e. The van der Waals surface area contributed by atoms with E-state index < -0.39 is 0 Å². The van der Waals surface area contributed by atoms with Gasteiger partial charge < -0.3 is 19.5 Å². The first kappa shape index (κ1) is 20.6. The third-order valence-electron chi connectivity index (χ3n) is 5.49. The summed E-state index contributed by atoms with van der Waals surface area (Å²) in [7, 11) is 0. The maximum Gasteiger partial charge on any atom is 0.230 e. The predicted octanol–water partition coefficient (Wildman–Crippen LogP) is 4.34. The zero-order chi connectivity index (χ0) is 21.1. The molecule has 0 atom stereocenters. The lowest BCUT2D eigenvalue weighted by Gasteiger charge is -2.36. The molecular formula is C23H28N4O2S. The van der Waals surface area contributed by atoms with Gasteiger partial charge in [-0.05, 0) is 56.3 Å². The van der Waals surface area contributed by atoms with E-state index in [-0.39, 0.29) is 12.3 Å². The fraction of sp³-hybridized carbons (Fsp3) is 0.391. The number of piperazine rings is 1. The van der Waals surface area contributed by atoms with Crippen LogP contribution in [0, 0.1) is 13.8 Å². The molecule has 0 aliphatic carbocycles. The standard InChI is InChI=1S/C23H28N4O2S/c1-4-26-9-11-27(12-10-26)20-7-6-18(13-16(20)2)24-22(28)14-19-15-30-23(25-19)21-8-5-17(3)29-21/h5-8,13,15H,4,9-12,14H2,1-3H3,(H,24,28). The van der Waals surface area contributed by atoms with E-state index in [2.05, 4.69) is 46.1 Å². The number of aromatic nitrogens is 1. The highest BCUT2D eigenvalue weighted by Gasteiger charge is 2.18. The lowest BCUT2D eigenvalue weighted by molar-refractivity contribution is -0.115. The van der Waals surface area contributed by atoms with Crippen LogP contribution in [0.25, 0.3) is 10.8 Å². The highest BCUT2D eigenvalue weighted by Crippen LogP contribution is 2.27. The molecule has 7 heteroatoms. The fourth-order valence-electron chi connectivity index (χ4n) is 3.81. The number of benzene rings is 1. The van der Waals surface area contributed by atoms with Crippen LogP contribution in [0.1, 0.15) is 23.9 Å². The van der Waals surface area contributed by atoms with Crippen LogP contribution in [0.5, 0.6) is 0 Å². The van der Waals surface area contributed by atoms with Crippen molar-refractivity contribution in [2.24, 2.45) is 0 Å². The first-order chi connectivity index (χ1) is 14.5. The molecule has 3 heterocycles. The zero-order valence-electron chi connectivity index (χ0n) is 17.8. The van der Waals surface area contributed by atoms with Gasteiger partial charge in [-0.3, -0.25) is 4.79 Å². The van der Waals surface area contributed by atoms with Gasteiger partial charge in [0.15, 0.2) is 10.8 Å². The van der Waals surface area contributed by atoms with E-state index in [1.54, 1.807) is 0 Å². The lowest BCUT2D eigenvalue weighted by Crippen LogP contribution is -2.46. The highest BCUT2D eigenvalue weighted by atomic mass is 32.1. The number of carbonyl (C=O) groups is 1. The second-order valence-corrected chi connectivity index (χ2v) is 8.56. The summed E-state index contributed by atoms with van der Waals surface area (Å²) >= 11 is 1.49. The van der Waals surface area contributed by atoms with Crippen molar-refractivity contribution in [2.75, 3.05) is 42.9 Å². The van der Waals surface area contributed by atoms with Crippen LogP contribution in [0.3, 0.4) is 0 Å². The number of nitrogens with zero attached hydrogens (tertiary/aromatic N) is 3. The minimum absolute atomic E-state index is 0.0637. The van der Waals surface area contributed by atoms with Gasteiger partial charge in [-0.2, -0.15) is 0 Å². The molecule has 0 saturated carbocycles. The molecule has 1 N–H and O–H groups in total. The number of thiazole rings is 1. The molecule has 1 aliphatic rings. The van der Waals surface area contributed by atoms with E-state index in [0.29, 0.717) is 0 Å². The Hall–Kier alpha value is -2.64. The summed E-state index contributed by atoms with van der Waals surface area (Å²) in [4.78, 5) is 21.9. The van der Waals surface area contributed by atoms with Gasteiger partial charge in [-0.25, -0.2) is 4.98 Å². The summed E-state index contributed by atoms with van der Waals surface area (Å²) < 4.78 is 5.61. The van der Waals surface area contributed by atoms with Gasteiger partial charge in [0.25, 0.3) is 0 Å². The first-order valence-electron chi connectivity index (χ1n) is 10.4. The number of anilines is 2. The zero-order valence-corrected chi connectivity index (χ0v) is 18.6. The molecule has 1 aliphatic heterocycles. The maximum absolute atomic E-state index is 12.5. The minimum atomic E-state index is -0.0637. The van der Waals surface area contributed by atoms with Crippen LogP contribution in [-0.2, 0) is 11.2 Å². The summed E-state index contributed by atoms with van der Waals surface area (Å²) in [5.41, 5.74) is 4.01. The molecular weight excluding hydrogens is 396 g/mol. The Morgan fingerprint density at radius 2 is 1.97 bits per heavy atom. The molecule has 2 aromatic heterocycles. The maximum atomic E-state index is 12.5. The summed E-state index contributed by atoms with van der Waals surface area (Å²) in [5.74, 6) is 1.53. The number of carbonyl (C=O) groups excluding carboxylic acids is 1. The van der Waals surface area contributed by atoms with Crippen molar-refractivity contribution >= 4 is 28.6 Å². The van der Waals surface area contributed by atoms with Crippen molar-refractivity contribution in [3.8, 4) is 10.8 Å². The molecule has 1 amide bonds. The fourth-order valence-corrected chi connectivity index (χ4v) is 4.59. The lowest BCUT2D eigenvalue weighted by atomic mass is 10.1. The van der Waals surface area contributed by atoms with Gasteiger partial charge in [0.05, 0.1) is 12.1 Å². The van der Waals surface area contributed by atoms with Gasteiger partial charge in [-0.1, -0.05) is 6.92 Å². The van der Waals surface area contributed by atoms with E-state index in [1.807, 2.05) is 30.5 Å². The second-order valence-electron chi connectivity index (χ2n) is 7.70. The Balaban J connectivity index is 1.36. The van der Waals surface area contributed by atoms with E-state index in [0.717, 1.165) is 60.6 Å². The van der Waals surface area contributed by atoms with Gasteiger partial charge in [-0.15, -0.1) is 11.3 Å². The average molecular weight is 425 g/mol. The van der Waals surface area contributed by atoms with Gasteiger partial charge in [0, 0.05) is 42.9 Å². The number of hydrogen-bond acceptors (Lipinski definition) is 6. The minimum Gasteiger partial charge on any atom is -0.459 e. The number of rotatable bonds is 6. The molecule has 0 bridgehead atoms. The normalized spacial score (nSPS) is 14.8. The number of nitrogens with one attached hydrogen (secondary N) is 1. The van der Waals surface area contributed by atoms with Crippen LogP contribution >= 0.6 is 11.3 Å². The molecule has 0 radical (unpaired) electrons. The van der Waals surface area contributed by atoms with Gasteiger partial charge in [0.2, 0.25) is 5.91 Å². The third kappa shape index (κ3) is 4.74. The SMILES string of the molecule is CCN1CCN(c2ccc(NC(=O)Cc3csc(-c4ccc(C)o4)n3)cc2C)CC1. The molecule has 6 nitrogen and oxygen atoms in total. The molecule has 0 unspecified atom stereocenters. The summed E-state index contributed by atoms with van der Waals surface area (Å²) in [6.07, 6.45) is 0.246. The Morgan fingerprint density at radius 3 is 2.63 bits per heavy atom. The van der Waals surface area contributed by atoms with Crippen molar-refractivity contribution in [3.05, 3.63) is 52.7 Å². The van der Waals surface area contributed by atoms with E-state index in [4.69, 9.17) is 4.42 Å². The van der Waals surface area contributed by atoms with E-state index in [9.17, 15) is 4.79 Å². The highest BCUT2D eigenvalue weighted by molar-refractivity contribution is 7.13. The predicted molar refractivity (Wildman–Crippen MR) is 122 cm³/mol. The summed E-state index contributed by atoms with van der Waals surface area (Å²) in [5, 5.41) is 5.72. The number of hydrogen-bond donors (Lipinski definition) is 1. The molecule has 30 heavy (non-hydrogen) atoms. The first-order valence-corrected chi connectivity index (χ1v) is 11.3. The number of likely N-dealkylation sites (N-methyl/N-ethyl adjacent to an activating group) is 1. The smallest absolute Gasteiger partial charge is 0.230 e. The molecule has 1 aromatic carbocycles. The quantitative estimate of drug-likeness (QED) is 0.638. The molecule has 0 spiro atoms. The monoisotopic (exact) mass is 424 g/mol. The van der Waals surface area contributed by atoms with Crippen LogP contribution in [0.15, 0.2) is 40.1 Å². The van der Waals surface area contributed by atoms with Crippen LogP contribution < -0.4 is 10.2 Å². The topological polar surface area (TPSA) is 61.6 Å². The number of amides is 1. The van der Waals surface area contributed by atoms with Crippen molar-refractivity contribution < 1.29 is 9.21 Å². The van der Waals surface area contributed by atoms with Gasteiger partial charge >= 0.3 is 0 Å². The van der Waals surface area contributed by atoms with Crippen LogP contribution in [-0.4, -0.2) is 48.5 Å². The molecule has 158 valence electrons.